The smallest absolute Gasteiger partial charge is 0.255 e. The molecule has 132 valence electrons. The van der Waals surface area contributed by atoms with Crippen molar-refractivity contribution in [3.8, 4) is 0 Å². The van der Waals surface area contributed by atoms with Crippen LogP contribution in [0.25, 0.3) is 0 Å². The molecule has 2 aromatic rings. The standard InChI is InChI=1S/C19H17BrN4OS/c1-2-11-26-19-22-18(25)16-14-5-3-4-6-15(14)21-17(24(16)23-19)12-7-9-13(20)10-8-12/h2-10,16-17,21H,1,11H2,(H,22,23,25). The average Bonchev–Trinajstić information content (AvgIpc) is 2.66. The summed E-state index contributed by atoms with van der Waals surface area (Å²) < 4.78 is 1.01. The highest BCUT2D eigenvalue weighted by Crippen LogP contribution is 2.42. The minimum atomic E-state index is -0.464. The van der Waals surface area contributed by atoms with Crippen molar-refractivity contribution in [1.82, 2.24) is 10.3 Å². The Hall–Kier alpha value is -2.25. The maximum absolute atomic E-state index is 12.9. The quantitative estimate of drug-likeness (QED) is 0.717. The van der Waals surface area contributed by atoms with Crippen molar-refractivity contribution in [3.63, 3.8) is 0 Å². The van der Waals surface area contributed by atoms with Crippen LogP contribution in [0.15, 0.2) is 70.8 Å². The van der Waals surface area contributed by atoms with Crippen LogP contribution < -0.4 is 10.6 Å². The molecular weight excluding hydrogens is 412 g/mol. The fourth-order valence-corrected chi connectivity index (χ4v) is 4.00. The summed E-state index contributed by atoms with van der Waals surface area (Å²) in [6, 6.07) is 15.5. The van der Waals surface area contributed by atoms with E-state index in [0.717, 1.165) is 21.3 Å². The summed E-state index contributed by atoms with van der Waals surface area (Å²) in [4.78, 5) is 12.9. The Labute approximate surface area is 164 Å². The zero-order chi connectivity index (χ0) is 18.1. The van der Waals surface area contributed by atoms with Gasteiger partial charge in [-0.2, -0.15) is 0 Å². The first-order valence-electron chi connectivity index (χ1n) is 8.20. The highest BCUT2D eigenvalue weighted by molar-refractivity contribution is 9.10. The molecule has 2 atom stereocenters. The molecule has 4 rings (SSSR count). The Morgan fingerprint density at radius 2 is 2.00 bits per heavy atom. The summed E-state index contributed by atoms with van der Waals surface area (Å²) in [6.07, 6.45) is 1.56. The van der Waals surface area contributed by atoms with E-state index < -0.39 is 6.04 Å². The van der Waals surface area contributed by atoms with Gasteiger partial charge in [0.1, 0.15) is 6.17 Å². The number of benzene rings is 2. The van der Waals surface area contributed by atoms with Gasteiger partial charge in [-0.1, -0.05) is 64.1 Å². The molecule has 0 spiro atoms. The van der Waals surface area contributed by atoms with Crippen LogP contribution >= 0.6 is 27.7 Å². The van der Waals surface area contributed by atoms with E-state index in [4.69, 9.17) is 5.10 Å². The Morgan fingerprint density at radius 1 is 1.23 bits per heavy atom. The lowest BCUT2D eigenvalue weighted by atomic mass is 9.97. The van der Waals surface area contributed by atoms with E-state index in [1.54, 1.807) is 6.08 Å². The normalized spacial score (nSPS) is 21.0. The predicted octanol–water partition coefficient (Wildman–Crippen LogP) is 4.24. The first-order valence-corrected chi connectivity index (χ1v) is 9.97. The van der Waals surface area contributed by atoms with Gasteiger partial charge in [0.15, 0.2) is 11.2 Å². The van der Waals surface area contributed by atoms with Crippen LogP contribution in [0.5, 0.6) is 0 Å². The zero-order valence-corrected chi connectivity index (χ0v) is 16.3. The van der Waals surface area contributed by atoms with Gasteiger partial charge in [0, 0.05) is 21.5 Å². The van der Waals surface area contributed by atoms with E-state index >= 15 is 0 Å². The summed E-state index contributed by atoms with van der Waals surface area (Å²) in [5.74, 6) is 0.618. The largest absolute Gasteiger partial charge is 0.360 e. The van der Waals surface area contributed by atoms with Gasteiger partial charge in [0.05, 0.1) is 0 Å². The van der Waals surface area contributed by atoms with Gasteiger partial charge in [-0.15, -0.1) is 11.7 Å². The molecule has 7 heteroatoms. The number of carbonyl (C=O) groups is 1. The van der Waals surface area contributed by atoms with Gasteiger partial charge >= 0.3 is 0 Å². The minimum Gasteiger partial charge on any atom is -0.360 e. The molecule has 0 radical (unpaired) electrons. The predicted molar refractivity (Wildman–Crippen MR) is 110 cm³/mol. The van der Waals surface area contributed by atoms with Gasteiger partial charge in [-0.25, -0.2) is 0 Å². The summed E-state index contributed by atoms with van der Waals surface area (Å²) in [6.45, 7) is 3.73. The first-order chi connectivity index (χ1) is 12.7. The number of hydrogen-bond acceptors (Lipinski definition) is 5. The van der Waals surface area contributed by atoms with Crippen molar-refractivity contribution in [3.05, 3.63) is 76.8 Å². The second-order valence-electron chi connectivity index (χ2n) is 5.96. The Morgan fingerprint density at radius 3 is 2.77 bits per heavy atom. The lowest BCUT2D eigenvalue weighted by Gasteiger charge is -2.43. The molecule has 0 saturated carbocycles. The van der Waals surface area contributed by atoms with Crippen LogP contribution in [0.2, 0.25) is 0 Å². The zero-order valence-electron chi connectivity index (χ0n) is 13.9. The summed E-state index contributed by atoms with van der Waals surface area (Å²) in [7, 11) is 0. The van der Waals surface area contributed by atoms with Gasteiger partial charge in [-0.05, 0) is 23.8 Å². The van der Waals surface area contributed by atoms with Gasteiger partial charge in [0.2, 0.25) is 0 Å². The van der Waals surface area contributed by atoms with Gasteiger partial charge < -0.3 is 10.6 Å². The third-order valence-electron chi connectivity index (χ3n) is 4.29. The average molecular weight is 429 g/mol. The van der Waals surface area contributed by atoms with E-state index in [1.165, 1.54) is 11.8 Å². The minimum absolute atomic E-state index is 0.0670. The number of hydrazone groups is 1. The highest BCUT2D eigenvalue weighted by atomic mass is 79.9. The Balaban J connectivity index is 1.79. The topological polar surface area (TPSA) is 56.7 Å². The maximum atomic E-state index is 12.9. The molecule has 2 aliphatic heterocycles. The third-order valence-corrected chi connectivity index (χ3v) is 5.67. The van der Waals surface area contributed by atoms with Crippen molar-refractivity contribution in [2.75, 3.05) is 11.1 Å². The number of amidine groups is 1. The lowest BCUT2D eigenvalue weighted by molar-refractivity contribution is -0.127. The number of hydrogen-bond donors (Lipinski definition) is 2. The number of amides is 1. The number of anilines is 1. The van der Waals surface area contributed by atoms with Crippen molar-refractivity contribution < 1.29 is 4.79 Å². The van der Waals surface area contributed by atoms with Crippen LogP contribution in [-0.2, 0) is 4.79 Å². The van der Waals surface area contributed by atoms with Crippen LogP contribution in [0.3, 0.4) is 0 Å². The summed E-state index contributed by atoms with van der Waals surface area (Å²) in [5.41, 5.74) is 2.92. The third kappa shape index (κ3) is 3.12. The first kappa shape index (κ1) is 17.2. The van der Waals surface area contributed by atoms with Crippen LogP contribution in [0.4, 0.5) is 5.69 Å². The summed E-state index contributed by atoms with van der Waals surface area (Å²) >= 11 is 4.93. The molecule has 2 unspecified atom stereocenters. The fourth-order valence-electron chi connectivity index (χ4n) is 3.14. The van der Waals surface area contributed by atoms with Crippen molar-refractivity contribution in [2.45, 2.75) is 12.2 Å². The van der Waals surface area contributed by atoms with E-state index in [-0.39, 0.29) is 12.1 Å². The molecule has 0 aromatic heterocycles. The van der Waals surface area contributed by atoms with Crippen LogP contribution in [0.1, 0.15) is 23.3 Å². The molecule has 0 aliphatic carbocycles. The molecule has 1 amide bonds. The molecule has 2 aromatic carbocycles. The van der Waals surface area contributed by atoms with E-state index in [1.807, 2.05) is 53.5 Å². The Bertz CT molecular complexity index is 883. The number of rotatable bonds is 3. The number of halogens is 1. The number of thioether (sulfide) groups is 1. The van der Waals surface area contributed by atoms with Crippen molar-refractivity contribution in [1.29, 1.82) is 0 Å². The van der Waals surface area contributed by atoms with Gasteiger partial charge in [-0.3, -0.25) is 9.80 Å². The number of nitrogens with one attached hydrogen (secondary N) is 2. The van der Waals surface area contributed by atoms with E-state index in [0.29, 0.717) is 10.9 Å². The molecule has 26 heavy (non-hydrogen) atoms. The number of fused-ring (bicyclic) bond motifs is 3. The molecule has 2 aliphatic rings. The van der Waals surface area contributed by atoms with Crippen molar-refractivity contribution in [2.24, 2.45) is 5.10 Å². The van der Waals surface area contributed by atoms with Crippen molar-refractivity contribution >= 4 is 44.5 Å². The molecule has 0 saturated heterocycles. The highest BCUT2D eigenvalue weighted by Gasteiger charge is 2.41. The number of para-hydroxylation sites is 1. The molecule has 5 nitrogen and oxygen atoms in total. The van der Waals surface area contributed by atoms with Gasteiger partial charge in [0.25, 0.3) is 5.91 Å². The molecule has 0 bridgehead atoms. The summed E-state index contributed by atoms with van der Waals surface area (Å²) in [5, 5.41) is 13.6. The number of carbonyl (C=O) groups excluding carboxylic acids is 1. The maximum Gasteiger partial charge on any atom is 0.255 e. The molecular formula is C19H17BrN4OS. The monoisotopic (exact) mass is 428 g/mol. The fraction of sp³-hybridized carbons (Fsp3) is 0.158. The van der Waals surface area contributed by atoms with E-state index in [2.05, 4.69) is 33.1 Å². The molecule has 2 heterocycles. The molecule has 0 fully saturated rings. The van der Waals surface area contributed by atoms with Crippen LogP contribution in [0, 0.1) is 0 Å². The Kier molecular flexibility index (Phi) is 4.74. The van der Waals surface area contributed by atoms with E-state index in [9.17, 15) is 4.79 Å². The SMILES string of the molecule is C=CCSC1=NN2C(c3ccc(Br)cc3)Nc3ccccc3C2C(=O)N1. The molecule has 2 N–H and O–H groups in total. The lowest BCUT2D eigenvalue weighted by Crippen LogP contribution is -2.50. The second kappa shape index (κ2) is 7.17. The van der Waals surface area contributed by atoms with Crippen LogP contribution in [-0.4, -0.2) is 21.8 Å². The second-order valence-corrected chi connectivity index (χ2v) is 7.89. The number of nitrogens with zero attached hydrogens (tertiary/aromatic N) is 2.